The van der Waals surface area contributed by atoms with E-state index in [9.17, 15) is 9.59 Å². The van der Waals surface area contributed by atoms with Crippen LogP contribution in [0.25, 0.3) is 16.6 Å². The molecule has 0 bridgehead atoms. The molecule has 0 radical (unpaired) electrons. The van der Waals surface area contributed by atoms with Gasteiger partial charge in [0.15, 0.2) is 4.77 Å². The zero-order chi connectivity index (χ0) is 22.1. The summed E-state index contributed by atoms with van der Waals surface area (Å²) in [7, 11) is 0. The van der Waals surface area contributed by atoms with E-state index in [0.717, 1.165) is 5.56 Å². The maximum Gasteiger partial charge on any atom is 0.266 e. The summed E-state index contributed by atoms with van der Waals surface area (Å²) in [5, 5.41) is 4.24. The molecule has 5 nitrogen and oxygen atoms in total. The molecule has 0 aliphatic heterocycles. The highest BCUT2D eigenvalue weighted by Gasteiger charge is 2.15. The van der Waals surface area contributed by atoms with Gasteiger partial charge < -0.3 is 10.3 Å². The Labute approximate surface area is 193 Å². The van der Waals surface area contributed by atoms with Gasteiger partial charge in [-0.2, -0.15) is 0 Å². The summed E-state index contributed by atoms with van der Waals surface area (Å²) in [5.74, 6) is -0.285. The number of fused-ring (bicyclic) bond motifs is 1. The maximum atomic E-state index is 13.0. The molecule has 156 valence electrons. The number of aromatic nitrogens is 2. The van der Waals surface area contributed by atoms with Crippen LogP contribution in [0.1, 0.15) is 28.9 Å². The monoisotopic (exact) mass is 469 g/mol. The van der Waals surface area contributed by atoms with E-state index in [1.807, 2.05) is 43.3 Å². The summed E-state index contributed by atoms with van der Waals surface area (Å²) in [4.78, 5) is 28.9. The Morgan fingerprint density at radius 2 is 1.77 bits per heavy atom. The first-order valence-electron chi connectivity index (χ1n) is 9.45. The van der Waals surface area contributed by atoms with Gasteiger partial charge in [0.05, 0.1) is 32.7 Å². The van der Waals surface area contributed by atoms with Crippen LogP contribution >= 0.6 is 35.4 Å². The van der Waals surface area contributed by atoms with Crippen LogP contribution in [0, 0.1) is 4.77 Å². The third-order valence-electron chi connectivity index (χ3n) is 4.97. The van der Waals surface area contributed by atoms with Crippen molar-refractivity contribution in [1.82, 2.24) is 14.9 Å². The number of para-hydroxylation sites is 1. The lowest BCUT2D eigenvalue weighted by molar-refractivity contribution is 0.0940. The van der Waals surface area contributed by atoms with E-state index in [0.29, 0.717) is 32.2 Å². The number of rotatable bonds is 4. The van der Waals surface area contributed by atoms with Crippen LogP contribution < -0.4 is 10.9 Å². The summed E-state index contributed by atoms with van der Waals surface area (Å²) >= 11 is 17.4. The van der Waals surface area contributed by atoms with Crippen LogP contribution in [0.5, 0.6) is 0 Å². The smallest absolute Gasteiger partial charge is 0.266 e. The summed E-state index contributed by atoms with van der Waals surface area (Å²) in [6.07, 6.45) is 0. The molecule has 1 atom stereocenters. The zero-order valence-electron chi connectivity index (χ0n) is 16.4. The standard InChI is InChI=1S/C23H17Cl2N3O2S/c1-13(14-8-10-18(24)19(25)11-14)26-21(29)15-7-9-17-20(12-15)27-23(31)28(22(17)30)16-5-3-2-4-6-16/h2-13H,1H3,(H,26,29)(H,27,31). The molecule has 0 aliphatic carbocycles. The molecule has 8 heteroatoms. The van der Waals surface area contributed by atoms with Gasteiger partial charge in [0, 0.05) is 5.56 Å². The van der Waals surface area contributed by atoms with E-state index < -0.39 is 0 Å². The number of hydrogen-bond donors (Lipinski definition) is 2. The number of halogens is 2. The molecule has 1 unspecified atom stereocenters. The molecule has 0 spiro atoms. The third kappa shape index (κ3) is 4.28. The second kappa shape index (κ2) is 8.67. The van der Waals surface area contributed by atoms with E-state index in [1.54, 1.807) is 30.3 Å². The molecule has 2 N–H and O–H groups in total. The summed E-state index contributed by atoms with van der Waals surface area (Å²) in [5.41, 5.74) is 2.15. The molecule has 1 aromatic heterocycles. The lowest BCUT2D eigenvalue weighted by Crippen LogP contribution is -2.27. The fourth-order valence-electron chi connectivity index (χ4n) is 3.32. The lowest BCUT2D eigenvalue weighted by Gasteiger charge is -2.15. The Kier molecular flexibility index (Phi) is 5.96. The normalized spacial score (nSPS) is 12.0. The first-order valence-corrected chi connectivity index (χ1v) is 10.6. The number of benzene rings is 3. The Balaban J connectivity index is 1.66. The van der Waals surface area contributed by atoms with Crippen molar-refractivity contribution in [3.05, 3.63) is 103 Å². The maximum absolute atomic E-state index is 13.0. The molecule has 0 saturated carbocycles. The average Bonchev–Trinajstić information content (AvgIpc) is 2.76. The van der Waals surface area contributed by atoms with Crippen LogP contribution in [0.4, 0.5) is 0 Å². The van der Waals surface area contributed by atoms with Gasteiger partial charge in [0.1, 0.15) is 0 Å². The Morgan fingerprint density at radius 3 is 2.48 bits per heavy atom. The number of carbonyl (C=O) groups excluding carboxylic acids is 1. The van der Waals surface area contributed by atoms with Gasteiger partial charge in [-0.05, 0) is 67.2 Å². The number of nitrogens with zero attached hydrogens (tertiary/aromatic N) is 1. The second-order valence-electron chi connectivity index (χ2n) is 7.04. The van der Waals surface area contributed by atoms with Crippen molar-refractivity contribution in [1.29, 1.82) is 0 Å². The number of H-pyrrole nitrogens is 1. The van der Waals surface area contributed by atoms with Crippen molar-refractivity contribution in [2.45, 2.75) is 13.0 Å². The number of amides is 1. The minimum absolute atomic E-state index is 0.249. The topological polar surface area (TPSA) is 66.9 Å². The van der Waals surface area contributed by atoms with Gasteiger partial charge in [0.25, 0.3) is 11.5 Å². The van der Waals surface area contributed by atoms with E-state index in [-0.39, 0.29) is 22.3 Å². The first-order chi connectivity index (χ1) is 14.8. The van der Waals surface area contributed by atoms with Crippen LogP contribution in [0.2, 0.25) is 10.0 Å². The molecule has 1 amide bonds. The van der Waals surface area contributed by atoms with Crippen LogP contribution in [-0.4, -0.2) is 15.5 Å². The summed E-state index contributed by atoms with van der Waals surface area (Å²) in [6, 6.07) is 19.0. The van der Waals surface area contributed by atoms with Gasteiger partial charge in [-0.3, -0.25) is 14.2 Å². The SMILES string of the molecule is CC(NC(=O)c1ccc2c(=O)n(-c3ccccc3)c(=S)[nH]c2c1)c1ccc(Cl)c(Cl)c1. The lowest BCUT2D eigenvalue weighted by atomic mass is 10.1. The van der Waals surface area contributed by atoms with Gasteiger partial charge in [-0.25, -0.2) is 0 Å². The molecule has 31 heavy (non-hydrogen) atoms. The quantitative estimate of drug-likeness (QED) is 0.368. The van der Waals surface area contributed by atoms with Crippen molar-refractivity contribution in [2.75, 3.05) is 0 Å². The minimum atomic E-state index is -0.289. The van der Waals surface area contributed by atoms with Crippen LogP contribution in [0.15, 0.2) is 71.5 Å². The minimum Gasteiger partial charge on any atom is -0.346 e. The number of aromatic amines is 1. The van der Waals surface area contributed by atoms with E-state index in [4.69, 9.17) is 35.4 Å². The van der Waals surface area contributed by atoms with E-state index >= 15 is 0 Å². The zero-order valence-corrected chi connectivity index (χ0v) is 18.7. The van der Waals surface area contributed by atoms with Crippen molar-refractivity contribution < 1.29 is 4.79 Å². The van der Waals surface area contributed by atoms with Gasteiger partial charge in [-0.15, -0.1) is 0 Å². The molecular formula is C23H17Cl2N3O2S. The van der Waals surface area contributed by atoms with Gasteiger partial charge >= 0.3 is 0 Å². The van der Waals surface area contributed by atoms with Gasteiger partial charge in [-0.1, -0.05) is 47.5 Å². The van der Waals surface area contributed by atoms with Crippen molar-refractivity contribution >= 4 is 52.2 Å². The van der Waals surface area contributed by atoms with Crippen LogP contribution in [0.3, 0.4) is 0 Å². The molecule has 4 aromatic rings. The predicted octanol–water partition coefficient (Wildman–Crippen LogP) is 5.85. The highest BCUT2D eigenvalue weighted by atomic mass is 35.5. The van der Waals surface area contributed by atoms with Crippen molar-refractivity contribution in [3.63, 3.8) is 0 Å². The number of carbonyl (C=O) groups is 1. The fourth-order valence-corrected chi connectivity index (χ4v) is 3.92. The van der Waals surface area contributed by atoms with E-state index in [2.05, 4.69) is 10.3 Å². The molecule has 0 fully saturated rings. The van der Waals surface area contributed by atoms with Crippen molar-refractivity contribution in [2.24, 2.45) is 0 Å². The highest BCUT2D eigenvalue weighted by molar-refractivity contribution is 7.71. The second-order valence-corrected chi connectivity index (χ2v) is 8.24. The Bertz CT molecular complexity index is 1410. The Morgan fingerprint density at radius 1 is 1.03 bits per heavy atom. The summed E-state index contributed by atoms with van der Waals surface area (Å²) < 4.78 is 1.69. The molecular weight excluding hydrogens is 453 g/mol. The summed E-state index contributed by atoms with van der Waals surface area (Å²) in [6.45, 7) is 1.85. The number of hydrogen-bond acceptors (Lipinski definition) is 3. The third-order valence-corrected chi connectivity index (χ3v) is 5.99. The predicted molar refractivity (Wildman–Crippen MR) is 127 cm³/mol. The molecule has 4 rings (SSSR count). The average molecular weight is 470 g/mol. The molecule has 0 aliphatic rings. The largest absolute Gasteiger partial charge is 0.346 e. The number of nitrogens with one attached hydrogen (secondary N) is 2. The molecule has 1 heterocycles. The Hall–Kier alpha value is -2.93. The molecule has 0 saturated heterocycles. The van der Waals surface area contributed by atoms with Crippen molar-refractivity contribution in [3.8, 4) is 5.69 Å². The van der Waals surface area contributed by atoms with E-state index in [1.165, 1.54) is 4.57 Å². The van der Waals surface area contributed by atoms with Crippen LogP contribution in [-0.2, 0) is 0 Å². The first kappa shape index (κ1) is 21.3. The molecule has 3 aromatic carbocycles. The highest BCUT2D eigenvalue weighted by Crippen LogP contribution is 2.25. The fraction of sp³-hybridized carbons (Fsp3) is 0.0870. The van der Waals surface area contributed by atoms with Gasteiger partial charge in [0.2, 0.25) is 0 Å².